The fourth-order valence-corrected chi connectivity index (χ4v) is 3.58. The van der Waals surface area contributed by atoms with E-state index in [9.17, 15) is 14.4 Å². The van der Waals surface area contributed by atoms with Gasteiger partial charge >= 0.3 is 6.09 Å². The zero-order valence-corrected chi connectivity index (χ0v) is 21.8. The van der Waals surface area contributed by atoms with Crippen molar-refractivity contribution in [1.82, 2.24) is 15.5 Å². The Bertz CT molecular complexity index is 799. The summed E-state index contributed by atoms with van der Waals surface area (Å²) in [7, 11) is 0. The number of benzene rings is 1. The van der Waals surface area contributed by atoms with Crippen molar-refractivity contribution in [3.8, 4) is 0 Å². The van der Waals surface area contributed by atoms with Crippen molar-refractivity contribution in [2.75, 3.05) is 6.54 Å². The molecule has 0 aliphatic carbocycles. The number of ether oxygens (including phenoxy) is 1. The summed E-state index contributed by atoms with van der Waals surface area (Å²) in [6, 6.07) is 5.68. The first-order valence-corrected chi connectivity index (χ1v) is 11.9. The molecule has 1 aromatic rings. The van der Waals surface area contributed by atoms with E-state index in [0.717, 1.165) is 24.0 Å². The van der Waals surface area contributed by atoms with E-state index in [0.29, 0.717) is 6.54 Å². The lowest BCUT2D eigenvalue weighted by Gasteiger charge is -2.38. The fourth-order valence-electron chi connectivity index (χ4n) is 3.58. The van der Waals surface area contributed by atoms with Gasteiger partial charge in [0.25, 0.3) is 0 Å². The van der Waals surface area contributed by atoms with Crippen molar-refractivity contribution < 1.29 is 19.1 Å². The predicted molar refractivity (Wildman–Crippen MR) is 132 cm³/mol. The van der Waals surface area contributed by atoms with Crippen molar-refractivity contribution in [3.63, 3.8) is 0 Å². The zero-order chi connectivity index (χ0) is 25.3. The summed E-state index contributed by atoms with van der Waals surface area (Å²) in [6.07, 6.45) is 1.16. The maximum absolute atomic E-state index is 13.9. The minimum absolute atomic E-state index is 0.202. The molecular weight excluding hydrogens is 418 g/mol. The molecule has 3 amide bonds. The summed E-state index contributed by atoms with van der Waals surface area (Å²) >= 11 is 0. The highest BCUT2D eigenvalue weighted by molar-refractivity contribution is 5.92. The van der Waals surface area contributed by atoms with Gasteiger partial charge in [-0.3, -0.25) is 9.59 Å². The van der Waals surface area contributed by atoms with Crippen molar-refractivity contribution in [1.29, 1.82) is 0 Å². The number of aryl methyl sites for hydroxylation is 1. The molecule has 186 valence electrons. The summed E-state index contributed by atoms with van der Waals surface area (Å²) in [5.74, 6) is -0.740. The molecule has 1 rings (SSSR count). The van der Waals surface area contributed by atoms with Crippen LogP contribution in [0.15, 0.2) is 24.3 Å². The Balaban J connectivity index is 3.39. The van der Waals surface area contributed by atoms with Gasteiger partial charge in [-0.05, 0) is 65.0 Å². The normalized spacial score (nSPS) is 13.4. The van der Waals surface area contributed by atoms with Crippen molar-refractivity contribution >= 4 is 17.9 Å². The van der Waals surface area contributed by atoms with E-state index in [4.69, 9.17) is 4.74 Å². The quantitative estimate of drug-likeness (QED) is 0.493. The molecule has 0 heterocycles. The van der Waals surface area contributed by atoms with Gasteiger partial charge in [0, 0.05) is 12.6 Å². The van der Waals surface area contributed by atoms with E-state index >= 15 is 0 Å². The number of nitrogens with zero attached hydrogens (tertiary/aromatic N) is 1. The number of rotatable bonds is 10. The number of carbonyl (C=O) groups excluding carboxylic acids is 3. The van der Waals surface area contributed by atoms with Crippen LogP contribution in [-0.2, 0) is 14.3 Å². The largest absolute Gasteiger partial charge is 0.444 e. The second kappa shape index (κ2) is 12.6. The third kappa shape index (κ3) is 8.71. The van der Waals surface area contributed by atoms with E-state index in [1.807, 2.05) is 58.9 Å². The van der Waals surface area contributed by atoms with E-state index in [-0.39, 0.29) is 23.8 Å². The first kappa shape index (κ1) is 28.5. The molecule has 7 nitrogen and oxygen atoms in total. The van der Waals surface area contributed by atoms with Gasteiger partial charge in [0.15, 0.2) is 0 Å². The number of hydrogen-bond donors (Lipinski definition) is 2. The minimum Gasteiger partial charge on any atom is -0.444 e. The molecule has 0 spiro atoms. The van der Waals surface area contributed by atoms with Crippen LogP contribution in [0.25, 0.3) is 0 Å². The SMILES string of the molecule is CCCCNC(=O)C(c1ccccc1C)N(C(=O)C(NC(=O)OC(C)(C)C)C(C)C)C(C)C. The van der Waals surface area contributed by atoms with Crippen LogP contribution in [-0.4, -0.2) is 47.0 Å². The van der Waals surface area contributed by atoms with E-state index in [2.05, 4.69) is 17.6 Å². The standard InChI is InChI=1S/C26H43N3O4/c1-10-11-16-27-23(30)22(20-15-13-12-14-19(20)6)29(18(4)5)24(31)21(17(2)3)28-25(32)33-26(7,8)9/h12-15,17-18,21-22H,10-11,16H2,1-9H3,(H,27,30)(H,28,32). The molecule has 0 fully saturated rings. The Morgan fingerprint density at radius 3 is 2.15 bits per heavy atom. The highest BCUT2D eigenvalue weighted by atomic mass is 16.6. The number of alkyl carbamates (subject to hydrolysis) is 1. The maximum atomic E-state index is 13.9. The molecule has 0 aromatic heterocycles. The Morgan fingerprint density at radius 1 is 1.06 bits per heavy atom. The molecule has 1 aromatic carbocycles. The molecule has 2 N–H and O–H groups in total. The maximum Gasteiger partial charge on any atom is 0.408 e. The van der Waals surface area contributed by atoms with Gasteiger partial charge in [-0.25, -0.2) is 4.79 Å². The molecule has 2 unspecified atom stereocenters. The Labute approximate surface area is 199 Å². The van der Waals surface area contributed by atoms with Crippen LogP contribution in [0.2, 0.25) is 0 Å². The Hall–Kier alpha value is -2.57. The highest BCUT2D eigenvalue weighted by Gasteiger charge is 2.39. The van der Waals surface area contributed by atoms with Gasteiger partial charge in [-0.2, -0.15) is 0 Å². The predicted octanol–water partition coefficient (Wildman–Crippen LogP) is 4.74. The molecule has 33 heavy (non-hydrogen) atoms. The van der Waals surface area contributed by atoms with Crippen LogP contribution in [0.1, 0.15) is 85.4 Å². The zero-order valence-electron chi connectivity index (χ0n) is 21.8. The van der Waals surface area contributed by atoms with Crippen LogP contribution in [0.3, 0.4) is 0 Å². The average Bonchev–Trinajstić information content (AvgIpc) is 2.68. The molecule has 0 aliphatic rings. The first-order valence-electron chi connectivity index (χ1n) is 11.9. The van der Waals surface area contributed by atoms with Crippen LogP contribution in [0, 0.1) is 12.8 Å². The molecule has 0 bridgehead atoms. The molecular formula is C26H43N3O4. The molecule has 2 atom stereocenters. The first-order chi connectivity index (χ1) is 15.3. The van der Waals surface area contributed by atoms with Crippen molar-refractivity contribution in [3.05, 3.63) is 35.4 Å². The van der Waals surface area contributed by atoms with Gasteiger partial charge in [-0.15, -0.1) is 0 Å². The topological polar surface area (TPSA) is 87.7 Å². The fraction of sp³-hybridized carbons (Fsp3) is 0.654. The van der Waals surface area contributed by atoms with Crippen LogP contribution >= 0.6 is 0 Å². The summed E-state index contributed by atoms with van der Waals surface area (Å²) < 4.78 is 5.39. The lowest BCUT2D eigenvalue weighted by atomic mass is 9.95. The summed E-state index contributed by atoms with van der Waals surface area (Å²) in [5.41, 5.74) is 1.01. The van der Waals surface area contributed by atoms with Gasteiger partial charge in [0.05, 0.1) is 0 Å². The molecule has 0 saturated carbocycles. The van der Waals surface area contributed by atoms with Crippen molar-refractivity contribution in [2.24, 2.45) is 5.92 Å². The number of carbonyl (C=O) groups is 3. The number of hydrogen-bond acceptors (Lipinski definition) is 4. The molecule has 0 aliphatic heterocycles. The third-order valence-corrected chi connectivity index (χ3v) is 5.25. The average molecular weight is 462 g/mol. The highest BCUT2D eigenvalue weighted by Crippen LogP contribution is 2.28. The smallest absolute Gasteiger partial charge is 0.408 e. The Kier molecular flexibility index (Phi) is 10.9. The van der Waals surface area contributed by atoms with E-state index in [1.165, 1.54) is 0 Å². The van der Waals surface area contributed by atoms with Gasteiger partial charge in [0.2, 0.25) is 11.8 Å². The van der Waals surface area contributed by atoms with E-state index < -0.39 is 23.8 Å². The van der Waals surface area contributed by atoms with Crippen LogP contribution in [0.4, 0.5) is 4.79 Å². The second-order valence-electron chi connectivity index (χ2n) is 10.1. The monoisotopic (exact) mass is 461 g/mol. The third-order valence-electron chi connectivity index (χ3n) is 5.25. The molecule has 0 saturated heterocycles. The molecule has 0 radical (unpaired) electrons. The lowest BCUT2D eigenvalue weighted by molar-refractivity contribution is -0.145. The van der Waals surface area contributed by atoms with Crippen molar-refractivity contribution in [2.45, 2.75) is 98.9 Å². The number of amides is 3. The van der Waals surface area contributed by atoms with Crippen LogP contribution < -0.4 is 10.6 Å². The second-order valence-corrected chi connectivity index (χ2v) is 10.1. The van der Waals surface area contributed by atoms with E-state index in [1.54, 1.807) is 25.7 Å². The summed E-state index contributed by atoms with van der Waals surface area (Å²) in [6.45, 7) is 17.3. The number of nitrogens with one attached hydrogen (secondary N) is 2. The van der Waals surface area contributed by atoms with Gasteiger partial charge < -0.3 is 20.3 Å². The number of unbranched alkanes of at least 4 members (excludes halogenated alkanes) is 1. The molecule has 7 heteroatoms. The van der Waals surface area contributed by atoms with Gasteiger partial charge in [0.1, 0.15) is 17.7 Å². The lowest BCUT2D eigenvalue weighted by Crippen LogP contribution is -2.56. The summed E-state index contributed by atoms with van der Waals surface area (Å²) in [4.78, 5) is 41.3. The van der Waals surface area contributed by atoms with Crippen LogP contribution in [0.5, 0.6) is 0 Å². The van der Waals surface area contributed by atoms with Gasteiger partial charge in [-0.1, -0.05) is 51.5 Å². The minimum atomic E-state index is -0.836. The Morgan fingerprint density at radius 2 is 1.67 bits per heavy atom. The summed E-state index contributed by atoms with van der Waals surface area (Å²) in [5, 5.41) is 5.73.